The molecule has 1 amide bonds. The number of fused-ring (bicyclic) bond motifs is 1. The first-order valence-corrected chi connectivity index (χ1v) is 7.37. The van der Waals surface area contributed by atoms with Crippen molar-refractivity contribution in [3.63, 3.8) is 0 Å². The maximum absolute atomic E-state index is 12.7. The minimum Gasteiger partial charge on any atom is -0.497 e. The summed E-state index contributed by atoms with van der Waals surface area (Å²) in [5.74, 6) is 2.48. The number of carbonyl (C=O) groups excluding carboxylic acids is 1. The molecule has 0 fully saturated rings. The summed E-state index contributed by atoms with van der Waals surface area (Å²) in [5, 5.41) is 0.884. The number of aryl methyl sites for hydroxylation is 2. The summed E-state index contributed by atoms with van der Waals surface area (Å²) in [6.45, 7) is 4.15. The maximum Gasteiger partial charge on any atom is 0.290 e. The average Bonchev–Trinajstić information content (AvgIpc) is 3.10. The van der Waals surface area contributed by atoms with E-state index in [1.54, 1.807) is 19.1 Å². The van der Waals surface area contributed by atoms with Crippen LogP contribution in [0.15, 0.2) is 39.2 Å². The van der Waals surface area contributed by atoms with Crippen LogP contribution in [0.1, 0.15) is 27.6 Å². The third-order valence-electron chi connectivity index (χ3n) is 3.87. The van der Waals surface area contributed by atoms with E-state index in [0.29, 0.717) is 17.9 Å². The van der Waals surface area contributed by atoms with Crippen LogP contribution in [0.5, 0.6) is 5.75 Å². The van der Waals surface area contributed by atoms with Crippen LogP contribution < -0.4 is 4.74 Å². The summed E-state index contributed by atoms with van der Waals surface area (Å²) in [4.78, 5) is 14.2. The number of methoxy groups -OCH3 is 1. The summed E-state index contributed by atoms with van der Waals surface area (Å²) >= 11 is 0. The number of ether oxygens (including phenoxy) is 1. The summed E-state index contributed by atoms with van der Waals surface area (Å²) < 4.78 is 16.5. The van der Waals surface area contributed by atoms with Gasteiger partial charge in [-0.15, -0.1) is 0 Å². The number of amides is 1. The van der Waals surface area contributed by atoms with Crippen molar-refractivity contribution in [2.75, 3.05) is 14.2 Å². The highest BCUT2D eigenvalue weighted by atomic mass is 16.5. The monoisotopic (exact) mass is 313 g/mol. The first-order chi connectivity index (χ1) is 11.0. The molecule has 2 aromatic heterocycles. The fourth-order valence-electron chi connectivity index (χ4n) is 2.58. The Balaban J connectivity index is 1.89. The Morgan fingerprint density at radius 1 is 1.17 bits per heavy atom. The van der Waals surface area contributed by atoms with E-state index in [9.17, 15) is 4.79 Å². The first kappa shape index (κ1) is 15.2. The van der Waals surface area contributed by atoms with Gasteiger partial charge in [0, 0.05) is 18.0 Å². The fraction of sp³-hybridized carbons (Fsp3) is 0.278. The van der Waals surface area contributed by atoms with Gasteiger partial charge in [-0.1, -0.05) is 0 Å². The zero-order chi connectivity index (χ0) is 16.6. The second kappa shape index (κ2) is 5.83. The summed E-state index contributed by atoms with van der Waals surface area (Å²) in [5.41, 5.74) is 1.49. The molecule has 3 aromatic rings. The van der Waals surface area contributed by atoms with Crippen LogP contribution in [0, 0.1) is 13.8 Å². The third kappa shape index (κ3) is 2.82. The second-order valence-electron chi connectivity index (χ2n) is 5.59. The molecule has 1 aromatic carbocycles. The Labute approximate surface area is 134 Å². The van der Waals surface area contributed by atoms with Crippen molar-refractivity contribution in [3.05, 3.63) is 53.2 Å². The Kier molecular flexibility index (Phi) is 3.86. The normalized spacial score (nSPS) is 11.0. The van der Waals surface area contributed by atoms with Gasteiger partial charge in [0.2, 0.25) is 0 Å². The van der Waals surface area contributed by atoms with Gasteiger partial charge < -0.3 is 18.5 Å². The van der Waals surface area contributed by atoms with Crippen LogP contribution >= 0.6 is 0 Å². The first-order valence-electron chi connectivity index (χ1n) is 7.37. The number of furan rings is 2. The number of hydrogen-bond acceptors (Lipinski definition) is 4. The Morgan fingerprint density at radius 2 is 1.96 bits per heavy atom. The number of carbonyl (C=O) groups is 1. The van der Waals surface area contributed by atoms with E-state index >= 15 is 0 Å². The van der Waals surface area contributed by atoms with Gasteiger partial charge in [-0.05, 0) is 44.2 Å². The predicted octanol–water partition coefficient (Wildman–Crippen LogP) is 3.92. The Hall–Kier alpha value is -2.69. The maximum atomic E-state index is 12.7. The molecule has 0 aliphatic rings. The van der Waals surface area contributed by atoms with Crippen molar-refractivity contribution in [2.45, 2.75) is 20.4 Å². The van der Waals surface area contributed by atoms with Crippen LogP contribution in [0.25, 0.3) is 11.0 Å². The number of rotatable bonds is 4. The molecule has 5 heteroatoms. The van der Waals surface area contributed by atoms with Gasteiger partial charge in [-0.3, -0.25) is 4.79 Å². The highest BCUT2D eigenvalue weighted by Gasteiger charge is 2.22. The van der Waals surface area contributed by atoms with E-state index in [0.717, 1.165) is 28.2 Å². The molecular weight excluding hydrogens is 294 g/mol. The highest BCUT2D eigenvalue weighted by molar-refractivity contribution is 5.99. The number of hydrogen-bond donors (Lipinski definition) is 0. The molecular formula is C18H19NO4. The predicted molar refractivity (Wildman–Crippen MR) is 86.7 cm³/mol. The van der Waals surface area contributed by atoms with E-state index in [-0.39, 0.29) is 5.91 Å². The molecule has 3 rings (SSSR count). The SMILES string of the molecule is COc1ccc2oc(C(=O)N(C)Cc3ccc(C)o3)c(C)c2c1. The van der Waals surface area contributed by atoms with Gasteiger partial charge in [0.05, 0.1) is 13.7 Å². The lowest BCUT2D eigenvalue weighted by Crippen LogP contribution is -2.26. The molecule has 0 spiro atoms. The molecule has 0 aliphatic heterocycles. The van der Waals surface area contributed by atoms with Crippen molar-refractivity contribution in [1.29, 1.82) is 0 Å². The Bertz CT molecular complexity index is 859. The molecule has 5 nitrogen and oxygen atoms in total. The molecule has 0 atom stereocenters. The number of nitrogens with zero attached hydrogens (tertiary/aromatic N) is 1. The van der Waals surface area contributed by atoms with Crippen LogP contribution in [-0.4, -0.2) is 25.0 Å². The van der Waals surface area contributed by atoms with Crippen LogP contribution in [0.3, 0.4) is 0 Å². The van der Waals surface area contributed by atoms with E-state index in [1.165, 1.54) is 0 Å². The smallest absolute Gasteiger partial charge is 0.290 e. The van der Waals surface area contributed by atoms with E-state index in [2.05, 4.69) is 0 Å². The van der Waals surface area contributed by atoms with E-state index in [1.807, 2.05) is 44.2 Å². The second-order valence-corrected chi connectivity index (χ2v) is 5.59. The molecule has 0 bridgehead atoms. The van der Waals surface area contributed by atoms with Gasteiger partial charge >= 0.3 is 0 Å². The topological polar surface area (TPSA) is 55.8 Å². The molecule has 0 aliphatic carbocycles. The molecule has 23 heavy (non-hydrogen) atoms. The van der Waals surface area contributed by atoms with Gasteiger partial charge in [-0.25, -0.2) is 0 Å². The van der Waals surface area contributed by atoms with Crippen molar-refractivity contribution < 1.29 is 18.4 Å². The minimum absolute atomic E-state index is 0.174. The van der Waals surface area contributed by atoms with Crippen LogP contribution in [-0.2, 0) is 6.54 Å². The van der Waals surface area contributed by atoms with Gasteiger partial charge in [-0.2, -0.15) is 0 Å². The van der Waals surface area contributed by atoms with E-state index < -0.39 is 0 Å². The molecule has 0 saturated carbocycles. The average molecular weight is 313 g/mol. The third-order valence-corrected chi connectivity index (χ3v) is 3.87. The standard InChI is InChI=1S/C18H19NO4/c1-11-5-6-14(22-11)10-19(3)18(20)17-12(2)15-9-13(21-4)7-8-16(15)23-17/h5-9H,10H2,1-4H3. The Morgan fingerprint density at radius 3 is 2.61 bits per heavy atom. The van der Waals surface area contributed by atoms with Gasteiger partial charge in [0.25, 0.3) is 5.91 Å². The van der Waals surface area contributed by atoms with E-state index in [4.69, 9.17) is 13.6 Å². The fourth-order valence-corrected chi connectivity index (χ4v) is 2.58. The van der Waals surface area contributed by atoms with Crippen molar-refractivity contribution in [2.24, 2.45) is 0 Å². The lowest BCUT2D eigenvalue weighted by molar-refractivity contribution is 0.0744. The quantitative estimate of drug-likeness (QED) is 0.732. The van der Waals surface area contributed by atoms with Crippen LogP contribution in [0.2, 0.25) is 0 Å². The van der Waals surface area contributed by atoms with Gasteiger partial charge in [0.1, 0.15) is 22.9 Å². The highest BCUT2D eigenvalue weighted by Crippen LogP contribution is 2.29. The molecule has 0 radical (unpaired) electrons. The largest absolute Gasteiger partial charge is 0.497 e. The summed E-state index contributed by atoms with van der Waals surface area (Å²) in [6.07, 6.45) is 0. The van der Waals surface area contributed by atoms with Crippen molar-refractivity contribution in [1.82, 2.24) is 4.90 Å². The molecule has 0 unspecified atom stereocenters. The van der Waals surface area contributed by atoms with Crippen molar-refractivity contribution in [3.8, 4) is 5.75 Å². The molecule has 0 N–H and O–H groups in total. The molecule has 0 saturated heterocycles. The van der Waals surface area contributed by atoms with Crippen molar-refractivity contribution >= 4 is 16.9 Å². The lowest BCUT2D eigenvalue weighted by atomic mass is 10.1. The zero-order valence-corrected chi connectivity index (χ0v) is 13.7. The minimum atomic E-state index is -0.174. The molecule has 120 valence electrons. The molecule has 2 heterocycles. The number of benzene rings is 1. The van der Waals surface area contributed by atoms with Crippen LogP contribution in [0.4, 0.5) is 0 Å². The summed E-state index contributed by atoms with van der Waals surface area (Å²) in [7, 11) is 3.34. The summed E-state index contributed by atoms with van der Waals surface area (Å²) in [6, 6.07) is 9.26. The zero-order valence-electron chi connectivity index (χ0n) is 13.7. The van der Waals surface area contributed by atoms with Gasteiger partial charge in [0.15, 0.2) is 5.76 Å². The lowest BCUT2D eigenvalue weighted by Gasteiger charge is -2.14.